The molecule has 0 aromatic carbocycles. The number of aryl methyl sites for hydroxylation is 1. The summed E-state index contributed by atoms with van der Waals surface area (Å²) < 4.78 is 14.5. The van der Waals surface area contributed by atoms with Crippen molar-refractivity contribution in [3.63, 3.8) is 0 Å². The van der Waals surface area contributed by atoms with Crippen molar-refractivity contribution in [2.24, 2.45) is 0 Å². The van der Waals surface area contributed by atoms with E-state index < -0.39 is 5.95 Å². The second-order valence-electron chi connectivity index (χ2n) is 6.25. The molecular weight excluding hydrogens is 329 g/mol. The molecule has 0 radical (unpaired) electrons. The molecule has 0 amide bonds. The molecule has 2 N–H and O–H groups in total. The first kappa shape index (κ1) is 16.2. The normalized spacial score (nSPS) is 11.0. The molecule has 0 saturated carbocycles. The number of aromatic nitrogens is 4. The van der Waals surface area contributed by atoms with E-state index in [0.29, 0.717) is 24.3 Å². The fraction of sp³-hybridized carbons (Fsp3) is 0.150. The fourth-order valence-electron chi connectivity index (χ4n) is 2.90. The Morgan fingerprint density at radius 3 is 2.77 bits per heavy atom. The lowest BCUT2D eigenvalue weighted by Crippen LogP contribution is -2.04. The van der Waals surface area contributed by atoms with Crippen LogP contribution in [0.4, 0.5) is 10.2 Å². The van der Waals surface area contributed by atoms with Crippen LogP contribution in [-0.4, -0.2) is 19.9 Å². The predicted molar refractivity (Wildman–Crippen MR) is 99.4 cm³/mol. The Labute approximate surface area is 150 Å². The van der Waals surface area contributed by atoms with Gasteiger partial charge in [-0.05, 0) is 47.9 Å². The van der Waals surface area contributed by atoms with Crippen LogP contribution in [0, 0.1) is 12.9 Å². The smallest absolute Gasteiger partial charge is 0.218 e. The first-order valence-corrected chi connectivity index (χ1v) is 8.40. The average Bonchev–Trinajstić information content (AvgIpc) is 3.05. The largest absolute Gasteiger partial charge is 0.366 e. The molecule has 0 bridgehead atoms. The molecule has 26 heavy (non-hydrogen) atoms. The van der Waals surface area contributed by atoms with E-state index >= 15 is 0 Å². The minimum Gasteiger partial charge on any atom is -0.366 e. The molecule has 4 aromatic rings. The summed E-state index contributed by atoms with van der Waals surface area (Å²) in [4.78, 5) is 15.5. The molecule has 0 unspecified atom stereocenters. The summed E-state index contributed by atoms with van der Waals surface area (Å²) in [5.41, 5.74) is 4.52. The van der Waals surface area contributed by atoms with Crippen molar-refractivity contribution in [3.05, 3.63) is 83.3 Å². The molecule has 130 valence electrons. The molecule has 6 heteroatoms. The minimum atomic E-state index is -0.459. The van der Waals surface area contributed by atoms with Gasteiger partial charge in [-0.3, -0.25) is 4.98 Å². The molecule has 0 saturated heterocycles. The summed E-state index contributed by atoms with van der Waals surface area (Å²) in [5, 5.41) is 4.15. The zero-order valence-corrected chi connectivity index (χ0v) is 14.3. The Morgan fingerprint density at radius 2 is 1.96 bits per heavy atom. The number of rotatable bonds is 5. The van der Waals surface area contributed by atoms with Crippen molar-refractivity contribution < 1.29 is 4.39 Å². The maximum atomic E-state index is 14.5. The van der Waals surface area contributed by atoms with Crippen molar-refractivity contribution in [3.8, 4) is 0 Å². The van der Waals surface area contributed by atoms with Crippen LogP contribution < -0.4 is 5.32 Å². The highest BCUT2D eigenvalue weighted by atomic mass is 19.1. The van der Waals surface area contributed by atoms with Crippen LogP contribution >= 0.6 is 0 Å². The van der Waals surface area contributed by atoms with Gasteiger partial charge in [0.1, 0.15) is 11.5 Å². The van der Waals surface area contributed by atoms with E-state index in [0.717, 1.165) is 27.7 Å². The van der Waals surface area contributed by atoms with Gasteiger partial charge in [-0.25, -0.2) is 9.97 Å². The number of halogens is 1. The summed E-state index contributed by atoms with van der Waals surface area (Å²) in [5.74, 6) is 0.0548. The third-order valence-electron chi connectivity index (χ3n) is 4.28. The number of nitrogens with zero attached hydrogens (tertiary/aromatic N) is 3. The third-order valence-corrected chi connectivity index (χ3v) is 4.28. The average molecular weight is 347 g/mol. The number of anilines is 1. The Kier molecular flexibility index (Phi) is 4.31. The van der Waals surface area contributed by atoms with E-state index in [4.69, 9.17) is 0 Å². The predicted octanol–water partition coefficient (Wildman–Crippen LogP) is 4.00. The van der Waals surface area contributed by atoms with Gasteiger partial charge in [-0.2, -0.15) is 4.39 Å². The zero-order valence-electron chi connectivity index (χ0n) is 14.3. The SMILES string of the molecule is Cc1cnc2[nH]cc(Cc3ccc(NCc4ccncc4)nc3F)c2c1. The Bertz CT molecular complexity index is 1040. The third kappa shape index (κ3) is 3.39. The van der Waals surface area contributed by atoms with Gasteiger partial charge in [0.2, 0.25) is 5.95 Å². The number of H-pyrrole nitrogens is 1. The van der Waals surface area contributed by atoms with Gasteiger partial charge in [0.05, 0.1) is 0 Å². The lowest BCUT2D eigenvalue weighted by atomic mass is 10.1. The molecule has 4 heterocycles. The highest BCUT2D eigenvalue weighted by Gasteiger charge is 2.11. The van der Waals surface area contributed by atoms with Gasteiger partial charge in [0.25, 0.3) is 0 Å². The summed E-state index contributed by atoms with van der Waals surface area (Å²) in [6.45, 7) is 2.57. The number of hydrogen-bond acceptors (Lipinski definition) is 4. The van der Waals surface area contributed by atoms with Gasteiger partial charge in [0, 0.05) is 48.7 Å². The van der Waals surface area contributed by atoms with Crippen LogP contribution in [-0.2, 0) is 13.0 Å². The van der Waals surface area contributed by atoms with Crippen molar-refractivity contribution in [2.75, 3.05) is 5.32 Å². The molecular formula is C20H18FN5. The molecule has 0 aliphatic heterocycles. The number of hydrogen-bond donors (Lipinski definition) is 2. The minimum absolute atomic E-state index is 0.459. The Morgan fingerprint density at radius 1 is 1.12 bits per heavy atom. The Balaban J connectivity index is 1.51. The zero-order chi connectivity index (χ0) is 17.9. The highest BCUT2D eigenvalue weighted by Crippen LogP contribution is 2.22. The quantitative estimate of drug-likeness (QED) is 0.536. The first-order chi connectivity index (χ1) is 12.7. The standard InChI is InChI=1S/C20H18FN5/c1-13-8-17-16(12-25-20(17)24-10-13)9-15-2-3-18(26-19(15)21)23-11-14-4-6-22-7-5-14/h2-8,10,12H,9,11H2,1H3,(H,23,26)(H,24,25). The van der Waals surface area contributed by atoms with E-state index in [9.17, 15) is 4.39 Å². The highest BCUT2D eigenvalue weighted by molar-refractivity contribution is 5.80. The van der Waals surface area contributed by atoms with Crippen LogP contribution in [0.15, 0.2) is 55.1 Å². The van der Waals surface area contributed by atoms with E-state index in [1.165, 1.54) is 0 Å². The number of fused-ring (bicyclic) bond motifs is 1. The number of aromatic amines is 1. The summed E-state index contributed by atoms with van der Waals surface area (Å²) in [6, 6.07) is 9.46. The first-order valence-electron chi connectivity index (χ1n) is 8.40. The van der Waals surface area contributed by atoms with E-state index in [-0.39, 0.29) is 0 Å². The van der Waals surface area contributed by atoms with Crippen molar-refractivity contribution in [2.45, 2.75) is 19.9 Å². The molecule has 0 aliphatic carbocycles. The van der Waals surface area contributed by atoms with Crippen LogP contribution in [0.5, 0.6) is 0 Å². The topological polar surface area (TPSA) is 66.5 Å². The van der Waals surface area contributed by atoms with Crippen LogP contribution in [0.2, 0.25) is 0 Å². The molecule has 5 nitrogen and oxygen atoms in total. The molecule has 0 fully saturated rings. The van der Waals surface area contributed by atoms with E-state index in [2.05, 4.69) is 31.3 Å². The maximum Gasteiger partial charge on any atom is 0.218 e. The summed E-state index contributed by atoms with van der Waals surface area (Å²) >= 11 is 0. The van der Waals surface area contributed by atoms with Gasteiger partial charge >= 0.3 is 0 Å². The lowest BCUT2D eigenvalue weighted by molar-refractivity contribution is 0.571. The van der Waals surface area contributed by atoms with Crippen molar-refractivity contribution in [1.29, 1.82) is 0 Å². The molecule has 0 aliphatic rings. The molecule has 0 atom stereocenters. The van der Waals surface area contributed by atoms with E-state index in [1.54, 1.807) is 24.5 Å². The molecule has 4 rings (SSSR count). The van der Waals surface area contributed by atoms with Crippen LogP contribution in [0.3, 0.4) is 0 Å². The van der Waals surface area contributed by atoms with Crippen molar-refractivity contribution >= 4 is 16.9 Å². The molecule has 0 spiro atoms. The van der Waals surface area contributed by atoms with Gasteiger partial charge in [-0.15, -0.1) is 0 Å². The number of nitrogens with one attached hydrogen (secondary N) is 2. The second kappa shape index (κ2) is 6.92. The van der Waals surface area contributed by atoms with Crippen molar-refractivity contribution in [1.82, 2.24) is 19.9 Å². The summed E-state index contributed by atoms with van der Waals surface area (Å²) in [7, 11) is 0. The van der Waals surface area contributed by atoms with Gasteiger partial charge in [0.15, 0.2) is 0 Å². The lowest BCUT2D eigenvalue weighted by Gasteiger charge is -2.08. The van der Waals surface area contributed by atoms with E-state index in [1.807, 2.05) is 31.5 Å². The fourth-order valence-corrected chi connectivity index (χ4v) is 2.90. The number of pyridine rings is 3. The van der Waals surface area contributed by atoms with Gasteiger partial charge in [-0.1, -0.05) is 6.07 Å². The Hall–Kier alpha value is -3.28. The molecule has 4 aromatic heterocycles. The summed E-state index contributed by atoms with van der Waals surface area (Å²) in [6.07, 6.45) is 7.62. The van der Waals surface area contributed by atoms with Gasteiger partial charge < -0.3 is 10.3 Å². The monoisotopic (exact) mass is 347 g/mol. The van der Waals surface area contributed by atoms with Crippen LogP contribution in [0.25, 0.3) is 11.0 Å². The maximum absolute atomic E-state index is 14.5. The second-order valence-corrected chi connectivity index (χ2v) is 6.25. The van der Waals surface area contributed by atoms with Crippen LogP contribution in [0.1, 0.15) is 22.3 Å².